The van der Waals surface area contributed by atoms with Crippen LogP contribution in [-0.4, -0.2) is 36.2 Å². The molecular weight excluding hydrogens is 357 g/mol. The minimum atomic E-state index is -0.544. The summed E-state index contributed by atoms with van der Waals surface area (Å²) in [7, 11) is 0. The van der Waals surface area contributed by atoms with Gasteiger partial charge in [-0.15, -0.1) is 11.3 Å². The first-order chi connectivity index (χ1) is 12.6. The van der Waals surface area contributed by atoms with Crippen molar-refractivity contribution >= 4 is 23.1 Å². The van der Waals surface area contributed by atoms with Gasteiger partial charge in [-0.25, -0.2) is 9.37 Å². The number of nitriles is 1. The number of pyridine rings is 1. The number of anilines is 1. The number of aromatic nitrogens is 1. The number of hydrogen-bond donors (Lipinski definition) is 3. The minimum absolute atomic E-state index is 0.0736. The number of rotatable bonds is 3. The number of fused-ring (bicyclic) bond motifs is 1. The molecule has 2 aliphatic heterocycles. The van der Waals surface area contributed by atoms with Crippen LogP contribution in [0.1, 0.15) is 27.2 Å². The van der Waals surface area contributed by atoms with E-state index in [0.717, 1.165) is 0 Å². The van der Waals surface area contributed by atoms with Crippen molar-refractivity contribution in [2.45, 2.75) is 25.0 Å². The van der Waals surface area contributed by atoms with Crippen molar-refractivity contribution in [3.8, 4) is 16.6 Å². The van der Waals surface area contributed by atoms with Gasteiger partial charge < -0.3 is 21.1 Å². The number of hydrogen-bond acceptors (Lipinski definition) is 7. The van der Waals surface area contributed by atoms with Crippen LogP contribution in [-0.2, 0) is 11.3 Å². The minimum Gasteiger partial charge on any atom is -0.380 e. The van der Waals surface area contributed by atoms with Crippen molar-refractivity contribution in [2.24, 2.45) is 5.73 Å². The van der Waals surface area contributed by atoms with E-state index in [1.165, 1.54) is 11.3 Å². The predicted molar refractivity (Wildman–Crippen MR) is 94.2 cm³/mol. The molecule has 2 aromatic heterocycles. The van der Waals surface area contributed by atoms with E-state index in [9.17, 15) is 9.18 Å². The zero-order valence-electron chi connectivity index (χ0n) is 13.7. The zero-order valence-corrected chi connectivity index (χ0v) is 14.5. The molecular formula is C17H16FN5O2S. The Morgan fingerprint density at radius 3 is 3.08 bits per heavy atom. The molecule has 0 unspecified atom stereocenters. The molecule has 0 aromatic carbocycles. The summed E-state index contributed by atoms with van der Waals surface area (Å²) in [5.74, 6) is -0.829. The summed E-state index contributed by atoms with van der Waals surface area (Å²) in [6.45, 7) is 1.05. The number of thiophene rings is 1. The average molecular weight is 373 g/mol. The molecule has 0 saturated carbocycles. The highest BCUT2D eigenvalue weighted by atomic mass is 32.1. The van der Waals surface area contributed by atoms with Gasteiger partial charge in [0, 0.05) is 30.8 Å². The molecule has 1 fully saturated rings. The maximum absolute atomic E-state index is 15.0. The Hall–Kier alpha value is -2.54. The second-order valence-corrected chi connectivity index (χ2v) is 7.30. The largest absolute Gasteiger partial charge is 0.380 e. The highest BCUT2D eigenvalue weighted by molar-refractivity contribution is 7.16. The molecule has 2 aromatic rings. The molecule has 7 nitrogen and oxygen atoms in total. The number of nitrogens with one attached hydrogen (secondary N) is 2. The molecule has 134 valence electrons. The van der Waals surface area contributed by atoms with Gasteiger partial charge in [-0.3, -0.25) is 4.79 Å². The fraction of sp³-hybridized carbons (Fsp3) is 0.353. The monoisotopic (exact) mass is 373 g/mol. The van der Waals surface area contributed by atoms with E-state index in [2.05, 4.69) is 21.7 Å². The molecule has 2 aliphatic rings. The van der Waals surface area contributed by atoms with E-state index < -0.39 is 5.82 Å². The molecule has 1 amide bonds. The van der Waals surface area contributed by atoms with Gasteiger partial charge in [-0.1, -0.05) is 0 Å². The lowest BCUT2D eigenvalue weighted by Gasteiger charge is -2.30. The molecule has 4 rings (SSSR count). The number of carbonyl (C=O) groups is 1. The fourth-order valence-electron chi connectivity index (χ4n) is 3.19. The third-order valence-corrected chi connectivity index (χ3v) is 5.56. The molecule has 4 N–H and O–H groups in total. The van der Waals surface area contributed by atoms with Crippen molar-refractivity contribution in [2.75, 3.05) is 18.5 Å². The van der Waals surface area contributed by atoms with Crippen LogP contribution in [0.3, 0.4) is 0 Å². The molecule has 9 heteroatoms. The highest BCUT2D eigenvalue weighted by Crippen LogP contribution is 2.36. The first kappa shape index (κ1) is 16.9. The summed E-state index contributed by atoms with van der Waals surface area (Å²) in [4.78, 5) is 17.8. The lowest BCUT2D eigenvalue weighted by Crippen LogP contribution is -2.48. The highest BCUT2D eigenvalue weighted by Gasteiger charge is 2.32. The van der Waals surface area contributed by atoms with Crippen molar-refractivity contribution in [1.29, 1.82) is 5.26 Å². The van der Waals surface area contributed by atoms with Crippen molar-refractivity contribution < 1.29 is 13.9 Å². The molecule has 26 heavy (non-hydrogen) atoms. The Morgan fingerprint density at radius 2 is 2.35 bits per heavy atom. The van der Waals surface area contributed by atoms with E-state index in [-0.39, 0.29) is 41.5 Å². The number of amides is 1. The Bertz CT molecular complexity index is 923. The Morgan fingerprint density at radius 1 is 1.50 bits per heavy atom. The SMILES string of the molecule is N#Cc1ccc(-c2nc(N[C@@H]3CCOC[C@@H]3N)c(F)c3c2C(=O)NC3)s1. The lowest BCUT2D eigenvalue weighted by atomic mass is 10.0. The first-order valence-corrected chi connectivity index (χ1v) is 9.01. The number of halogens is 1. The molecule has 2 atom stereocenters. The Balaban J connectivity index is 1.79. The number of ether oxygens (including phenoxy) is 1. The van der Waals surface area contributed by atoms with Crippen LogP contribution in [0.15, 0.2) is 12.1 Å². The second-order valence-electron chi connectivity index (χ2n) is 6.21. The van der Waals surface area contributed by atoms with Crippen LogP contribution < -0.4 is 16.4 Å². The maximum Gasteiger partial charge on any atom is 0.254 e. The summed E-state index contributed by atoms with van der Waals surface area (Å²) in [5.41, 5.74) is 6.94. The van der Waals surface area contributed by atoms with Gasteiger partial charge in [0.15, 0.2) is 11.6 Å². The third kappa shape index (κ3) is 2.82. The third-order valence-electron chi connectivity index (χ3n) is 4.56. The van der Waals surface area contributed by atoms with Gasteiger partial charge in [-0.05, 0) is 18.6 Å². The predicted octanol–water partition coefficient (Wildman–Crippen LogP) is 1.59. The average Bonchev–Trinajstić information content (AvgIpc) is 3.27. The van der Waals surface area contributed by atoms with Crippen LogP contribution >= 0.6 is 11.3 Å². The van der Waals surface area contributed by atoms with Gasteiger partial charge in [0.2, 0.25) is 0 Å². The molecule has 1 saturated heterocycles. The number of nitrogens with two attached hydrogens (primary N) is 1. The Labute approximate surface area is 153 Å². The first-order valence-electron chi connectivity index (χ1n) is 8.19. The molecule has 4 heterocycles. The van der Waals surface area contributed by atoms with Gasteiger partial charge >= 0.3 is 0 Å². The van der Waals surface area contributed by atoms with Gasteiger partial charge in [-0.2, -0.15) is 5.26 Å². The van der Waals surface area contributed by atoms with E-state index in [4.69, 9.17) is 15.7 Å². The molecule has 0 spiro atoms. The number of nitrogens with zero attached hydrogens (tertiary/aromatic N) is 2. The summed E-state index contributed by atoms with van der Waals surface area (Å²) in [6.07, 6.45) is 0.642. The smallest absolute Gasteiger partial charge is 0.254 e. The number of carbonyl (C=O) groups excluding carboxylic acids is 1. The summed E-state index contributed by atoms with van der Waals surface area (Å²) >= 11 is 1.22. The quantitative estimate of drug-likeness (QED) is 0.753. The van der Waals surface area contributed by atoms with Crippen molar-refractivity contribution in [1.82, 2.24) is 10.3 Å². The Kier molecular flexibility index (Phi) is 4.32. The van der Waals surface area contributed by atoms with E-state index in [0.29, 0.717) is 35.1 Å². The van der Waals surface area contributed by atoms with E-state index >= 15 is 0 Å². The molecule has 0 bridgehead atoms. The lowest BCUT2D eigenvalue weighted by molar-refractivity contribution is 0.0751. The summed E-state index contributed by atoms with van der Waals surface area (Å²) in [5, 5.41) is 14.8. The van der Waals surface area contributed by atoms with Gasteiger partial charge in [0.25, 0.3) is 5.91 Å². The molecule has 0 radical (unpaired) electrons. The summed E-state index contributed by atoms with van der Waals surface area (Å²) in [6, 6.07) is 5.01. The van der Waals surface area contributed by atoms with E-state index in [1.54, 1.807) is 12.1 Å². The van der Waals surface area contributed by atoms with Crippen LogP contribution in [0.4, 0.5) is 10.2 Å². The van der Waals surface area contributed by atoms with Crippen LogP contribution in [0.5, 0.6) is 0 Å². The van der Waals surface area contributed by atoms with Crippen LogP contribution in [0, 0.1) is 17.1 Å². The van der Waals surface area contributed by atoms with Gasteiger partial charge in [0.05, 0.1) is 22.7 Å². The van der Waals surface area contributed by atoms with E-state index in [1.807, 2.05) is 0 Å². The standard InChI is InChI=1S/C17H16FN5O2S/c18-14-9-6-21-17(24)13(9)15(12-2-1-8(5-19)26-12)23-16(14)22-11-3-4-25-7-10(11)20/h1-2,10-11H,3-4,6-7,20H2,(H,21,24)(H,22,23)/t10-,11+/m0/s1. The normalized spacial score (nSPS) is 21.8. The second kappa shape index (κ2) is 6.64. The molecule has 0 aliphatic carbocycles. The van der Waals surface area contributed by atoms with Crippen LogP contribution in [0.25, 0.3) is 10.6 Å². The topological polar surface area (TPSA) is 113 Å². The fourth-order valence-corrected chi connectivity index (χ4v) is 3.99. The van der Waals surface area contributed by atoms with Crippen LogP contribution in [0.2, 0.25) is 0 Å². The van der Waals surface area contributed by atoms with Gasteiger partial charge in [0.1, 0.15) is 10.9 Å². The van der Waals surface area contributed by atoms with Crippen molar-refractivity contribution in [3.05, 3.63) is 34.0 Å². The summed E-state index contributed by atoms with van der Waals surface area (Å²) < 4.78 is 20.3. The maximum atomic E-state index is 15.0. The zero-order chi connectivity index (χ0) is 18.3. The van der Waals surface area contributed by atoms with Crippen molar-refractivity contribution in [3.63, 3.8) is 0 Å².